The third-order valence-corrected chi connectivity index (χ3v) is 9.70. The molecule has 1 rings (SSSR count). The van der Waals surface area contributed by atoms with Crippen molar-refractivity contribution in [3.63, 3.8) is 0 Å². The molecule has 0 aliphatic heterocycles. The van der Waals surface area contributed by atoms with E-state index in [1.54, 1.807) is 11.1 Å². The molecule has 0 saturated carbocycles. The van der Waals surface area contributed by atoms with Crippen molar-refractivity contribution in [2.24, 2.45) is 0 Å². The van der Waals surface area contributed by atoms with Gasteiger partial charge >= 0.3 is 164 Å². The first-order chi connectivity index (χ1) is 17.4. The predicted octanol–water partition coefficient (Wildman–Crippen LogP) is 12.0. The summed E-state index contributed by atoms with van der Waals surface area (Å²) in [5.74, 6) is 0. The maximum absolute atomic E-state index is 2.59. The van der Waals surface area contributed by atoms with Gasteiger partial charge in [-0.2, -0.15) is 0 Å². The maximum atomic E-state index is 2.59. The zero-order valence-corrected chi connectivity index (χ0v) is 26.1. The van der Waals surface area contributed by atoms with Crippen molar-refractivity contribution in [3.05, 3.63) is 21.0 Å². The number of aryl methyl sites for hydroxylation is 2. The molecule has 0 unspecified atom stereocenters. The summed E-state index contributed by atoms with van der Waals surface area (Å²) in [6, 6.07) is 0. The number of unbranched alkanes of at least 4 members (excludes halogenated alkanes) is 24. The van der Waals surface area contributed by atoms with Crippen molar-refractivity contribution in [1.82, 2.24) is 0 Å². The van der Waals surface area contributed by atoms with Crippen molar-refractivity contribution in [1.29, 1.82) is 0 Å². The molecular weight excluding hydrogens is 487 g/mol. The third kappa shape index (κ3) is 21.8. The number of hydrogen-bond acceptors (Lipinski definition) is 0. The smallest absolute Gasteiger partial charge is 0.0654 e. The van der Waals surface area contributed by atoms with Gasteiger partial charge < -0.3 is 0 Å². The normalized spacial score (nSPS) is 11.5. The monoisotopic (exact) mass is 552 g/mol. The van der Waals surface area contributed by atoms with Crippen LogP contribution in [0.5, 0.6) is 0 Å². The Kier molecular flexibility index (Phi) is 25.5. The molecule has 1 heterocycles. The topological polar surface area (TPSA) is 0 Å². The van der Waals surface area contributed by atoms with E-state index < -0.39 is 0 Å². The molecule has 0 spiro atoms. The fourth-order valence-corrected chi connectivity index (χ4v) is 7.42. The van der Waals surface area contributed by atoms with Gasteiger partial charge in [-0.1, -0.05) is 65.2 Å². The van der Waals surface area contributed by atoms with Gasteiger partial charge in [-0.15, -0.1) is 0 Å². The van der Waals surface area contributed by atoms with Gasteiger partial charge in [-0.05, 0) is 0 Å². The van der Waals surface area contributed by atoms with Crippen LogP contribution in [-0.4, -0.2) is 14.5 Å². The Hall–Kier alpha value is -0.000519. The molecular formula is C34H64Se. The Morgan fingerprint density at radius 2 is 0.571 bits per heavy atom. The van der Waals surface area contributed by atoms with Crippen molar-refractivity contribution >= 4 is 14.5 Å². The average Bonchev–Trinajstić information content (AvgIpc) is 3.32. The van der Waals surface area contributed by atoms with Gasteiger partial charge in [0.05, 0.1) is 0 Å². The van der Waals surface area contributed by atoms with E-state index in [0.29, 0.717) is 14.5 Å². The summed E-state index contributed by atoms with van der Waals surface area (Å²) in [4.78, 5) is 5.18. The van der Waals surface area contributed by atoms with E-state index in [1.165, 1.54) is 180 Å². The molecule has 0 aliphatic rings. The first-order valence-electron chi connectivity index (χ1n) is 16.4. The Balaban J connectivity index is 1.87. The molecule has 1 aromatic heterocycles. The van der Waals surface area contributed by atoms with E-state index in [1.807, 2.05) is 0 Å². The second-order valence-corrected chi connectivity index (χ2v) is 13.0. The Morgan fingerprint density at radius 1 is 0.343 bits per heavy atom. The van der Waals surface area contributed by atoms with E-state index in [-0.39, 0.29) is 0 Å². The van der Waals surface area contributed by atoms with Crippen LogP contribution in [0.1, 0.15) is 192 Å². The van der Waals surface area contributed by atoms with E-state index in [2.05, 4.69) is 23.7 Å². The molecule has 0 saturated heterocycles. The summed E-state index contributed by atoms with van der Waals surface area (Å²) >= 11 is 0.664. The van der Waals surface area contributed by atoms with Gasteiger partial charge in [-0.3, -0.25) is 0 Å². The second kappa shape index (κ2) is 27.0. The minimum atomic E-state index is 0.664. The van der Waals surface area contributed by atoms with Crippen molar-refractivity contribution in [3.8, 4) is 0 Å². The Labute approximate surface area is 228 Å². The summed E-state index contributed by atoms with van der Waals surface area (Å²) in [5, 5.41) is 0. The zero-order chi connectivity index (χ0) is 25.1. The Morgan fingerprint density at radius 3 is 0.829 bits per heavy atom. The third-order valence-electron chi connectivity index (χ3n) is 7.93. The predicted molar refractivity (Wildman–Crippen MR) is 162 cm³/mol. The van der Waals surface area contributed by atoms with Gasteiger partial charge in [0.25, 0.3) is 0 Å². The van der Waals surface area contributed by atoms with Crippen molar-refractivity contribution in [2.45, 2.75) is 194 Å². The van der Waals surface area contributed by atoms with Gasteiger partial charge in [0.1, 0.15) is 0 Å². The molecule has 0 radical (unpaired) electrons. The summed E-state index contributed by atoms with van der Waals surface area (Å²) < 4.78 is 0. The van der Waals surface area contributed by atoms with Crippen LogP contribution in [-0.2, 0) is 12.8 Å². The standard InChI is InChI=1S/C34H64Se/c1-3-5-7-9-11-13-15-17-19-21-23-25-27-29-33-31-35-32-34(33)30-28-26-24-22-20-18-16-14-12-10-8-6-4-2/h31-32H,3-30H2,1-2H3. The number of hydrogen-bond donors (Lipinski definition) is 0. The fourth-order valence-electron chi connectivity index (χ4n) is 5.46. The van der Waals surface area contributed by atoms with Crippen LogP contribution < -0.4 is 0 Å². The summed E-state index contributed by atoms with van der Waals surface area (Å²) in [6.07, 6.45) is 40.6. The minimum absolute atomic E-state index is 0.664. The van der Waals surface area contributed by atoms with Gasteiger partial charge in [-0.25, -0.2) is 0 Å². The first kappa shape index (κ1) is 33.0. The first-order valence-corrected chi connectivity index (χ1v) is 18.4. The van der Waals surface area contributed by atoms with Gasteiger partial charge in [0, 0.05) is 0 Å². The molecule has 0 amide bonds. The minimum Gasteiger partial charge on any atom is -0.0654 e. The number of rotatable bonds is 28. The van der Waals surface area contributed by atoms with E-state index in [0.717, 1.165) is 0 Å². The second-order valence-electron chi connectivity index (χ2n) is 11.4. The fraction of sp³-hybridized carbons (Fsp3) is 0.882. The Bertz CT molecular complexity index is 472. The SMILES string of the molecule is CCCCCCCCCCCCCCCc1c[se]cc1CCCCCCCCCCCCCCC. The quantitative estimate of drug-likeness (QED) is 0.0717. The van der Waals surface area contributed by atoms with E-state index in [9.17, 15) is 0 Å². The molecule has 0 aromatic carbocycles. The van der Waals surface area contributed by atoms with Gasteiger partial charge in [0.2, 0.25) is 0 Å². The van der Waals surface area contributed by atoms with Crippen LogP contribution in [0.2, 0.25) is 0 Å². The van der Waals surface area contributed by atoms with Crippen LogP contribution in [0.3, 0.4) is 0 Å². The van der Waals surface area contributed by atoms with Gasteiger partial charge in [0.15, 0.2) is 0 Å². The van der Waals surface area contributed by atoms with E-state index >= 15 is 0 Å². The van der Waals surface area contributed by atoms with Crippen molar-refractivity contribution in [2.75, 3.05) is 0 Å². The molecule has 206 valence electrons. The molecule has 0 nitrogen and oxygen atoms in total. The summed E-state index contributed by atoms with van der Waals surface area (Å²) in [7, 11) is 0. The molecule has 35 heavy (non-hydrogen) atoms. The molecule has 0 fully saturated rings. The van der Waals surface area contributed by atoms with Crippen LogP contribution in [0.4, 0.5) is 0 Å². The summed E-state index contributed by atoms with van der Waals surface area (Å²) in [6.45, 7) is 4.62. The van der Waals surface area contributed by atoms with Crippen LogP contribution >= 0.6 is 0 Å². The molecule has 0 atom stereocenters. The average molecular weight is 552 g/mol. The molecule has 0 N–H and O–H groups in total. The van der Waals surface area contributed by atoms with Crippen LogP contribution in [0.25, 0.3) is 0 Å². The molecule has 0 aliphatic carbocycles. The van der Waals surface area contributed by atoms with Crippen molar-refractivity contribution < 1.29 is 0 Å². The molecule has 1 heteroatoms. The van der Waals surface area contributed by atoms with Crippen LogP contribution in [0, 0.1) is 0 Å². The molecule has 0 bridgehead atoms. The summed E-state index contributed by atoms with van der Waals surface area (Å²) in [5.41, 5.74) is 3.49. The van der Waals surface area contributed by atoms with E-state index in [4.69, 9.17) is 0 Å². The molecule has 1 aromatic rings. The zero-order valence-electron chi connectivity index (χ0n) is 24.4. The van der Waals surface area contributed by atoms with Crippen LogP contribution in [0.15, 0.2) is 9.88 Å².